The lowest BCUT2D eigenvalue weighted by Crippen LogP contribution is -2.40. The van der Waals surface area contributed by atoms with E-state index in [1.165, 1.54) is 10.5 Å². The monoisotopic (exact) mass is 453 g/mol. The largest absolute Gasteiger partial charge is 0.417 e. The van der Waals surface area contributed by atoms with Crippen LogP contribution in [0.4, 0.5) is 13.2 Å². The van der Waals surface area contributed by atoms with Gasteiger partial charge in [0.15, 0.2) is 5.65 Å². The number of carbonyl (C=O) groups is 1. The van der Waals surface area contributed by atoms with Gasteiger partial charge >= 0.3 is 6.18 Å². The molecule has 0 saturated carbocycles. The molecule has 170 valence electrons. The summed E-state index contributed by atoms with van der Waals surface area (Å²) in [5.41, 5.74) is 2.71. The number of carbonyl (C=O) groups excluding carboxylic acids is 1. The lowest BCUT2D eigenvalue weighted by atomic mass is 9.96. The van der Waals surface area contributed by atoms with E-state index in [2.05, 4.69) is 15.2 Å². The summed E-state index contributed by atoms with van der Waals surface area (Å²) in [6, 6.07) is 10.1. The van der Waals surface area contributed by atoms with E-state index in [4.69, 9.17) is 0 Å². The molecule has 1 fully saturated rings. The van der Waals surface area contributed by atoms with Crippen molar-refractivity contribution in [2.24, 2.45) is 0 Å². The van der Waals surface area contributed by atoms with E-state index in [1.54, 1.807) is 4.90 Å². The van der Waals surface area contributed by atoms with Crippen LogP contribution in [0.2, 0.25) is 0 Å². The minimum atomic E-state index is -4.46. The van der Waals surface area contributed by atoms with Crippen molar-refractivity contribution in [2.75, 3.05) is 13.1 Å². The summed E-state index contributed by atoms with van der Waals surface area (Å²) >= 11 is 0. The Labute approximate surface area is 188 Å². The number of alkyl halides is 3. The minimum Gasteiger partial charge on any atom is -0.338 e. The Bertz CT molecular complexity index is 1380. The molecule has 0 N–H and O–H groups in total. The molecule has 33 heavy (non-hydrogen) atoms. The van der Waals surface area contributed by atoms with Crippen LogP contribution in [0.1, 0.15) is 51.8 Å². The van der Waals surface area contributed by atoms with Crippen molar-refractivity contribution in [1.82, 2.24) is 24.5 Å². The van der Waals surface area contributed by atoms with Gasteiger partial charge in [0.25, 0.3) is 5.91 Å². The highest BCUT2D eigenvalue weighted by atomic mass is 19.4. The molecule has 1 unspecified atom stereocenters. The number of benzene rings is 1. The predicted octanol–water partition coefficient (Wildman–Crippen LogP) is 4.93. The van der Waals surface area contributed by atoms with Crippen LogP contribution in [0, 0.1) is 13.8 Å². The number of fused-ring (bicyclic) bond motifs is 2. The van der Waals surface area contributed by atoms with Gasteiger partial charge in [0.05, 0.1) is 22.3 Å². The number of likely N-dealkylation sites (tertiary alicyclic amines) is 1. The summed E-state index contributed by atoms with van der Waals surface area (Å²) in [7, 11) is 0. The van der Waals surface area contributed by atoms with Crippen molar-refractivity contribution in [1.29, 1.82) is 0 Å². The van der Waals surface area contributed by atoms with E-state index in [1.807, 2.05) is 38.1 Å². The van der Waals surface area contributed by atoms with Crippen LogP contribution in [0.15, 0.2) is 42.6 Å². The SMILES string of the molecule is Cc1ccc2nc(C)c(C(=O)N3CCCC(c4nnc5ccc(C(F)(F)F)cn45)C3)cc2c1. The van der Waals surface area contributed by atoms with E-state index in [0.29, 0.717) is 35.8 Å². The highest BCUT2D eigenvalue weighted by molar-refractivity contribution is 5.98. The average molecular weight is 453 g/mol. The third-order valence-corrected chi connectivity index (χ3v) is 6.22. The number of halogens is 3. The Morgan fingerprint density at radius 3 is 2.70 bits per heavy atom. The summed E-state index contributed by atoms with van der Waals surface area (Å²) in [6.45, 7) is 4.74. The molecular formula is C24H22F3N5O. The van der Waals surface area contributed by atoms with Gasteiger partial charge in [-0.15, -0.1) is 10.2 Å². The highest BCUT2D eigenvalue weighted by Gasteiger charge is 2.33. The van der Waals surface area contributed by atoms with Crippen molar-refractivity contribution in [3.05, 3.63) is 70.8 Å². The molecule has 1 aromatic carbocycles. The Morgan fingerprint density at radius 2 is 1.91 bits per heavy atom. The Hall–Kier alpha value is -3.49. The number of aromatic nitrogens is 4. The molecule has 0 radical (unpaired) electrons. The third-order valence-electron chi connectivity index (χ3n) is 6.22. The van der Waals surface area contributed by atoms with Gasteiger partial charge in [0.1, 0.15) is 5.82 Å². The lowest BCUT2D eigenvalue weighted by molar-refractivity contribution is -0.137. The molecule has 5 rings (SSSR count). The zero-order valence-corrected chi connectivity index (χ0v) is 18.2. The van der Waals surface area contributed by atoms with Crippen LogP contribution < -0.4 is 0 Å². The first-order chi connectivity index (χ1) is 15.7. The first-order valence-electron chi connectivity index (χ1n) is 10.8. The first kappa shape index (κ1) is 21.4. The average Bonchev–Trinajstić information content (AvgIpc) is 3.21. The molecular weight excluding hydrogens is 431 g/mol. The number of hydrogen-bond acceptors (Lipinski definition) is 4. The molecule has 0 spiro atoms. The summed E-state index contributed by atoms with van der Waals surface area (Å²) in [6.07, 6.45) is -1.98. The summed E-state index contributed by atoms with van der Waals surface area (Å²) in [5.74, 6) is 0.104. The molecule has 4 aromatic rings. The first-order valence-corrected chi connectivity index (χ1v) is 10.8. The smallest absolute Gasteiger partial charge is 0.338 e. The second-order valence-electron chi connectivity index (χ2n) is 8.61. The van der Waals surface area contributed by atoms with Gasteiger partial charge in [0, 0.05) is 30.6 Å². The van der Waals surface area contributed by atoms with Gasteiger partial charge in [-0.2, -0.15) is 13.2 Å². The quantitative estimate of drug-likeness (QED) is 0.432. The number of nitrogens with zero attached hydrogens (tertiary/aromatic N) is 5. The molecule has 1 aliphatic rings. The third kappa shape index (κ3) is 3.92. The van der Waals surface area contributed by atoms with E-state index in [9.17, 15) is 18.0 Å². The molecule has 0 aliphatic carbocycles. The summed E-state index contributed by atoms with van der Waals surface area (Å²) in [5, 5.41) is 9.11. The summed E-state index contributed by atoms with van der Waals surface area (Å²) in [4.78, 5) is 19.7. The number of pyridine rings is 2. The maximum atomic E-state index is 13.4. The van der Waals surface area contributed by atoms with Crippen LogP contribution >= 0.6 is 0 Å². The minimum absolute atomic E-state index is 0.127. The molecule has 1 atom stereocenters. The number of hydrogen-bond donors (Lipinski definition) is 0. The molecule has 0 bridgehead atoms. The topological polar surface area (TPSA) is 63.4 Å². The van der Waals surface area contributed by atoms with Crippen LogP contribution in [0.5, 0.6) is 0 Å². The van der Waals surface area contributed by atoms with Gasteiger partial charge in [-0.25, -0.2) is 0 Å². The Morgan fingerprint density at radius 1 is 1.09 bits per heavy atom. The van der Waals surface area contributed by atoms with E-state index < -0.39 is 11.7 Å². The fourth-order valence-corrected chi connectivity index (χ4v) is 4.51. The number of rotatable bonds is 2. The Balaban J connectivity index is 1.45. The highest BCUT2D eigenvalue weighted by Crippen LogP contribution is 2.32. The molecule has 9 heteroatoms. The van der Waals surface area contributed by atoms with Gasteiger partial charge < -0.3 is 4.90 Å². The van der Waals surface area contributed by atoms with E-state index in [0.717, 1.165) is 41.6 Å². The summed E-state index contributed by atoms with van der Waals surface area (Å²) < 4.78 is 41.0. The fourth-order valence-electron chi connectivity index (χ4n) is 4.51. The van der Waals surface area contributed by atoms with Crippen molar-refractivity contribution in [2.45, 2.75) is 38.8 Å². The number of piperidine rings is 1. The van der Waals surface area contributed by atoms with Crippen LogP contribution in [-0.4, -0.2) is 43.5 Å². The predicted molar refractivity (Wildman–Crippen MR) is 117 cm³/mol. The van der Waals surface area contributed by atoms with Crippen molar-refractivity contribution >= 4 is 22.5 Å². The molecule has 1 amide bonds. The van der Waals surface area contributed by atoms with Crippen molar-refractivity contribution < 1.29 is 18.0 Å². The maximum absolute atomic E-state index is 13.4. The van der Waals surface area contributed by atoms with Crippen LogP contribution in [0.3, 0.4) is 0 Å². The number of aryl methyl sites for hydroxylation is 2. The second kappa shape index (κ2) is 7.83. The van der Waals surface area contributed by atoms with Crippen molar-refractivity contribution in [3.8, 4) is 0 Å². The lowest BCUT2D eigenvalue weighted by Gasteiger charge is -2.32. The molecule has 4 heterocycles. The van der Waals surface area contributed by atoms with Gasteiger partial charge in [-0.05, 0) is 57.0 Å². The zero-order valence-electron chi connectivity index (χ0n) is 18.2. The van der Waals surface area contributed by atoms with E-state index in [-0.39, 0.29) is 11.8 Å². The maximum Gasteiger partial charge on any atom is 0.417 e. The fraction of sp³-hybridized carbons (Fsp3) is 0.333. The molecule has 1 aliphatic heterocycles. The van der Waals surface area contributed by atoms with Crippen molar-refractivity contribution in [3.63, 3.8) is 0 Å². The molecule has 1 saturated heterocycles. The van der Waals surface area contributed by atoms with Gasteiger partial charge in [-0.3, -0.25) is 14.2 Å². The normalized spacial score (nSPS) is 17.1. The van der Waals surface area contributed by atoms with E-state index >= 15 is 0 Å². The standard InChI is InChI=1S/C24H22F3N5O/c1-14-5-7-20-17(10-14)11-19(15(2)28-20)23(33)31-9-3-4-16(12-31)22-30-29-21-8-6-18(13-32(21)22)24(25,26)27/h5-8,10-11,13,16H,3-4,9,12H2,1-2H3. The van der Waals surface area contributed by atoms with Gasteiger partial charge in [0.2, 0.25) is 0 Å². The number of amides is 1. The van der Waals surface area contributed by atoms with Crippen LogP contribution in [-0.2, 0) is 6.18 Å². The molecule has 3 aromatic heterocycles. The Kier molecular flexibility index (Phi) is 5.07. The second-order valence-corrected chi connectivity index (χ2v) is 8.61. The zero-order chi connectivity index (χ0) is 23.3. The molecule has 6 nitrogen and oxygen atoms in total. The van der Waals surface area contributed by atoms with Gasteiger partial charge in [-0.1, -0.05) is 11.6 Å². The van der Waals surface area contributed by atoms with Crippen LogP contribution in [0.25, 0.3) is 16.6 Å².